The fourth-order valence-electron chi connectivity index (χ4n) is 0.873. The fourth-order valence-corrected chi connectivity index (χ4v) is 1.12. The Bertz CT molecular complexity index is 364. The van der Waals surface area contributed by atoms with E-state index in [1.165, 1.54) is 6.20 Å². The number of nitrogens with one attached hydrogen (secondary N) is 2. The van der Waals surface area contributed by atoms with Crippen LogP contribution in [0.15, 0.2) is 6.20 Å². The smallest absolute Gasteiger partial charge is 0.327 e. The molecule has 0 atom stereocenters. The summed E-state index contributed by atoms with van der Waals surface area (Å²) in [5.41, 5.74) is 0. The first-order valence-electron chi connectivity index (χ1n) is 4.28. The summed E-state index contributed by atoms with van der Waals surface area (Å²) in [5.74, 6) is -0.575. The molecule has 1 heterocycles. The Morgan fingerprint density at radius 2 is 2.47 bits per heavy atom. The predicted molar refractivity (Wildman–Crippen MR) is 57.6 cm³/mol. The number of nitrogens with zero attached hydrogens (tertiary/aromatic N) is 3. The third-order valence-corrected chi connectivity index (χ3v) is 1.64. The molecule has 0 fully saturated rings. The summed E-state index contributed by atoms with van der Waals surface area (Å²) in [6.07, 6.45) is 1.41. The van der Waals surface area contributed by atoms with E-state index in [9.17, 15) is 4.79 Å². The number of carboxylic acids is 1. The molecule has 1 aromatic rings. The number of carboxylic acid groups (broad SMARTS) is 1. The molecular weight excluding hydrogens is 218 g/mol. The summed E-state index contributed by atoms with van der Waals surface area (Å²) in [6, 6.07) is 0. The number of aliphatic carboxylic acids is 1. The molecule has 8 heteroatoms. The normalized spacial score (nSPS) is 9.67. The van der Waals surface area contributed by atoms with E-state index in [0.29, 0.717) is 17.5 Å². The number of hydrogen-bond acceptors (Lipinski definition) is 4. The van der Waals surface area contributed by atoms with Crippen molar-refractivity contribution in [3.63, 3.8) is 0 Å². The van der Waals surface area contributed by atoms with Crippen LogP contribution >= 0.6 is 12.2 Å². The summed E-state index contributed by atoms with van der Waals surface area (Å²) >= 11 is 4.92. The van der Waals surface area contributed by atoms with Crippen molar-refractivity contribution in [1.29, 1.82) is 0 Å². The molecule has 0 aliphatic rings. The third-order valence-electron chi connectivity index (χ3n) is 1.39. The van der Waals surface area contributed by atoms with Gasteiger partial charge in [-0.25, -0.2) is 0 Å². The number of rotatable bonds is 4. The van der Waals surface area contributed by atoms with Crippen LogP contribution in [-0.2, 0) is 11.3 Å². The van der Waals surface area contributed by atoms with Gasteiger partial charge in [-0.2, -0.15) is 9.90 Å². The molecule has 0 aliphatic carbocycles. The van der Waals surface area contributed by atoms with Crippen molar-refractivity contribution >= 4 is 29.1 Å². The third kappa shape index (κ3) is 3.90. The van der Waals surface area contributed by atoms with Gasteiger partial charge in [0, 0.05) is 6.54 Å². The Hall–Kier alpha value is -1.70. The van der Waals surface area contributed by atoms with Crippen molar-refractivity contribution in [3.8, 4) is 0 Å². The molecule has 0 saturated heterocycles. The van der Waals surface area contributed by atoms with E-state index in [1.807, 2.05) is 6.92 Å². The van der Waals surface area contributed by atoms with Gasteiger partial charge in [0.1, 0.15) is 0 Å². The molecule has 82 valence electrons. The van der Waals surface area contributed by atoms with Crippen LogP contribution in [0.25, 0.3) is 0 Å². The van der Waals surface area contributed by atoms with Gasteiger partial charge < -0.3 is 15.7 Å². The second-order valence-corrected chi connectivity index (χ2v) is 3.05. The lowest BCUT2D eigenvalue weighted by molar-refractivity contribution is -0.138. The van der Waals surface area contributed by atoms with Gasteiger partial charge in [0.25, 0.3) is 0 Å². The lowest BCUT2D eigenvalue weighted by atomic mass is 10.7. The first-order valence-corrected chi connectivity index (χ1v) is 4.69. The molecule has 3 N–H and O–H groups in total. The maximum Gasteiger partial charge on any atom is 0.327 e. The van der Waals surface area contributed by atoms with Crippen LogP contribution in [0.4, 0.5) is 5.82 Å². The largest absolute Gasteiger partial charge is 0.480 e. The van der Waals surface area contributed by atoms with E-state index in [-0.39, 0.29) is 6.54 Å². The van der Waals surface area contributed by atoms with Gasteiger partial charge in [0.2, 0.25) is 0 Å². The molecule has 0 spiro atoms. The molecule has 1 rings (SSSR count). The number of anilines is 1. The number of thiocarbonyl (C=S) groups is 1. The van der Waals surface area contributed by atoms with Crippen LogP contribution in [0, 0.1) is 0 Å². The van der Waals surface area contributed by atoms with Crippen molar-refractivity contribution in [2.75, 3.05) is 11.9 Å². The van der Waals surface area contributed by atoms with E-state index < -0.39 is 5.97 Å². The lowest BCUT2D eigenvalue weighted by Crippen LogP contribution is -2.28. The van der Waals surface area contributed by atoms with Crippen molar-refractivity contribution in [3.05, 3.63) is 6.20 Å². The van der Waals surface area contributed by atoms with Crippen LogP contribution in [0.5, 0.6) is 0 Å². The summed E-state index contributed by atoms with van der Waals surface area (Å²) in [7, 11) is 0. The maximum absolute atomic E-state index is 10.3. The Morgan fingerprint density at radius 3 is 3.07 bits per heavy atom. The monoisotopic (exact) mass is 229 g/mol. The first kappa shape index (κ1) is 11.4. The van der Waals surface area contributed by atoms with Crippen molar-refractivity contribution in [1.82, 2.24) is 20.3 Å². The highest BCUT2D eigenvalue weighted by Crippen LogP contribution is 1.98. The Kier molecular flexibility index (Phi) is 3.98. The first-order chi connectivity index (χ1) is 7.11. The topological polar surface area (TPSA) is 92.1 Å². The van der Waals surface area contributed by atoms with Crippen LogP contribution < -0.4 is 10.6 Å². The molecule has 0 radical (unpaired) electrons. The van der Waals surface area contributed by atoms with E-state index in [4.69, 9.17) is 17.3 Å². The van der Waals surface area contributed by atoms with Crippen molar-refractivity contribution in [2.45, 2.75) is 13.5 Å². The second-order valence-electron chi connectivity index (χ2n) is 2.64. The maximum atomic E-state index is 10.3. The standard InChI is InChI=1S/C7H11N5O2S/c1-2-8-7(15)10-5-3-9-12(11-5)4-6(13)14/h3H,2,4H2,1H3,(H,13,14)(H2,8,10,11,15). The average Bonchev–Trinajstić information content (AvgIpc) is 2.51. The molecule has 15 heavy (non-hydrogen) atoms. The Morgan fingerprint density at radius 1 is 1.73 bits per heavy atom. The average molecular weight is 229 g/mol. The Balaban J connectivity index is 2.52. The number of hydrogen-bond donors (Lipinski definition) is 3. The quantitative estimate of drug-likeness (QED) is 0.609. The van der Waals surface area contributed by atoms with E-state index >= 15 is 0 Å². The van der Waals surface area contributed by atoms with Crippen molar-refractivity contribution in [2.24, 2.45) is 0 Å². The lowest BCUT2D eigenvalue weighted by Gasteiger charge is -2.04. The fraction of sp³-hybridized carbons (Fsp3) is 0.429. The zero-order chi connectivity index (χ0) is 11.3. The Labute approximate surface area is 91.5 Å². The van der Waals surface area contributed by atoms with Gasteiger partial charge >= 0.3 is 5.97 Å². The highest BCUT2D eigenvalue weighted by Gasteiger charge is 2.04. The summed E-state index contributed by atoms with van der Waals surface area (Å²) < 4.78 is 0. The van der Waals surface area contributed by atoms with Gasteiger partial charge in [0.15, 0.2) is 17.5 Å². The molecule has 0 amide bonds. The molecule has 7 nitrogen and oxygen atoms in total. The zero-order valence-electron chi connectivity index (χ0n) is 8.10. The minimum Gasteiger partial charge on any atom is -0.480 e. The summed E-state index contributed by atoms with van der Waals surface area (Å²) in [4.78, 5) is 11.4. The molecule has 1 aromatic heterocycles. The van der Waals surface area contributed by atoms with E-state index in [0.717, 1.165) is 4.80 Å². The molecular formula is C7H11N5O2S. The minimum atomic E-state index is -0.994. The predicted octanol–water partition coefficient (Wildman–Crippen LogP) is -0.331. The second kappa shape index (κ2) is 5.25. The van der Waals surface area contributed by atoms with Crippen molar-refractivity contribution < 1.29 is 9.90 Å². The van der Waals surface area contributed by atoms with Gasteiger partial charge in [-0.1, -0.05) is 0 Å². The van der Waals surface area contributed by atoms with Gasteiger partial charge in [-0.15, -0.1) is 5.10 Å². The van der Waals surface area contributed by atoms with Gasteiger partial charge in [-0.3, -0.25) is 4.79 Å². The van der Waals surface area contributed by atoms with E-state index in [2.05, 4.69) is 20.8 Å². The summed E-state index contributed by atoms with van der Waals surface area (Å²) in [6.45, 7) is 2.35. The van der Waals surface area contributed by atoms with Gasteiger partial charge in [0.05, 0.1) is 6.20 Å². The highest BCUT2D eigenvalue weighted by atomic mass is 32.1. The van der Waals surface area contributed by atoms with Crippen LogP contribution in [0.1, 0.15) is 6.92 Å². The summed E-state index contributed by atoms with van der Waals surface area (Å²) in [5, 5.41) is 22.2. The van der Waals surface area contributed by atoms with Crippen LogP contribution in [0.3, 0.4) is 0 Å². The molecule has 0 saturated carbocycles. The minimum absolute atomic E-state index is 0.268. The molecule has 0 bridgehead atoms. The zero-order valence-corrected chi connectivity index (χ0v) is 8.91. The molecule has 0 aromatic carbocycles. The van der Waals surface area contributed by atoms with Crippen LogP contribution in [-0.4, -0.2) is 37.7 Å². The highest BCUT2D eigenvalue weighted by molar-refractivity contribution is 7.80. The van der Waals surface area contributed by atoms with Crippen LogP contribution in [0.2, 0.25) is 0 Å². The van der Waals surface area contributed by atoms with E-state index in [1.54, 1.807) is 0 Å². The number of carbonyl (C=O) groups is 1. The SMILES string of the molecule is CCNC(=S)Nc1cnn(CC(=O)O)n1. The number of aromatic nitrogens is 3. The molecule has 0 aliphatic heterocycles. The molecule has 0 unspecified atom stereocenters. The van der Waals surface area contributed by atoms with Gasteiger partial charge in [-0.05, 0) is 19.1 Å².